The summed E-state index contributed by atoms with van der Waals surface area (Å²) in [4.78, 5) is 30.9. The molecule has 7 heteroatoms. The molecule has 0 unspecified atom stereocenters. The largest absolute Gasteiger partial charge is 0.469 e. The van der Waals surface area contributed by atoms with E-state index < -0.39 is 5.97 Å². The van der Waals surface area contributed by atoms with Crippen LogP contribution in [0.15, 0.2) is 17.4 Å². The van der Waals surface area contributed by atoms with Gasteiger partial charge in [-0.2, -0.15) is 0 Å². The SMILES string of the molecule is COC(=O)CC1(CSc2cncc(C(=O)OC)n2)CC1. The highest BCUT2D eigenvalue weighted by Gasteiger charge is 2.44. The summed E-state index contributed by atoms with van der Waals surface area (Å²) < 4.78 is 9.31. The number of hydrogen-bond acceptors (Lipinski definition) is 7. The van der Waals surface area contributed by atoms with Crippen molar-refractivity contribution >= 4 is 23.7 Å². The van der Waals surface area contributed by atoms with Crippen molar-refractivity contribution < 1.29 is 19.1 Å². The van der Waals surface area contributed by atoms with Crippen LogP contribution >= 0.6 is 11.8 Å². The molecule has 1 aliphatic rings. The van der Waals surface area contributed by atoms with Crippen LogP contribution in [0.3, 0.4) is 0 Å². The molecule has 0 atom stereocenters. The maximum atomic E-state index is 11.4. The second-order valence-electron chi connectivity index (χ2n) is 4.78. The predicted octanol–water partition coefficient (Wildman–Crippen LogP) is 1.70. The summed E-state index contributed by atoms with van der Waals surface area (Å²) in [5.74, 6) is 0.0784. The van der Waals surface area contributed by atoms with E-state index in [9.17, 15) is 9.59 Å². The number of methoxy groups -OCH3 is 2. The van der Waals surface area contributed by atoms with Crippen LogP contribution in [-0.2, 0) is 14.3 Å². The molecule has 1 fully saturated rings. The zero-order valence-electron chi connectivity index (χ0n) is 11.4. The third-order valence-corrected chi connectivity index (χ3v) is 4.49. The number of nitrogens with zero attached hydrogens (tertiary/aromatic N) is 2. The fourth-order valence-electron chi connectivity index (χ4n) is 1.77. The van der Waals surface area contributed by atoms with E-state index in [1.165, 1.54) is 32.2 Å². The molecule has 108 valence electrons. The number of thioether (sulfide) groups is 1. The molecule has 1 heterocycles. The van der Waals surface area contributed by atoms with Gasteiger partial charge in [-0.05, 0) is 18.3 Å². The average Bonchev–Trinajstić information content (AvgIpc) is 3.24. The predicted molar refractivity (Wildman–Crippen MR) is 72.4 cm³/mol. The number of carbonyl (C=O) groups is 2. The van der Waals surface area contributed by atoms with Crippen LogP contribution in [0, 0.1) is 5.41 Å². The number of hydrogen-bond donors (Lipinski definition) is 0. The van der Waals surface area contributed by atoms with E-state index >= 15 is 0 Å². The van der Waals surface area contributed by atoms with Crippen molar-refractivity contribution in [2.24, 2.45) is 5.41 Å². The number of rotatable bonds is 6. The average molecular weight is 296 g/mol. The topological polar surface area (TPSA) is 78.4 Å². The maximum Gasteiger partial charge on any atom is 0.358 e. The van der Waals surface area contributed by atoms with Crippen molar-refractivity contribution in [1.29, 1.82) is 0 Å². The molecule has 0 aromatic carbocycles. The summed E-state index contributed by atoms with van der Waals surface area (Å²) in [7, 11) is 2.70. The van der Waals surface area contributed by atoms with Gasteiger partial charge in [-0.15, -0.1) is 11.8 Å². The van der Waals surface area contributed by atoms with Gasteiger partial charge in [-0.25, -0.2) is 9.78 Å². The molecule has 20 heavy (non-hydrogen) atoms. The Morgan fingerprint density at radius 3 is 2.65 bits per heavy atom. The molecule has 0 saturated heterocycles. The molecule has 1 aromatic heterocycles. The minimum atomic E-state index is -0.504. The summed E-state index contributed by atoms with van der Waals surface area (Å²) in [6.45, 7) is 0. The molecule has 1 saturated carbocycles. The molecule has 0 radical (unpaired) electrons. The van der Waals surface area contributed by atoms with Crippen molar-refractivity contribution in [2.75, 3.05) is 20.0 Å². The number of ether oxygens (including phenoxy) is 2. The van der Waals surface area contributed by atoms with Gasteiger partial charge in [-0.3, -0.25) is 9.78 Å². The molecule has 0 amide bonds. The maximum absolute atomic E-state index is 11.4. The normalized spacial score (nSPS) is 15.5. The molecule has 0 N–H and O–H groups in total. The van der Waals surface area contributed by atoms with Crippen molar-refractivity contribution in [3.63, 3.8) is 0 Å². The van der Waals surface area contributed by atoms with Gasteiger partial charge in [0.15, 0.2) is 5.69 Å². The second kappa shape index (κ2) is 6.21. The minimum Gasteiger partial charge on any atom is -0.469 e. The standard InChI is InChI=1S/C13H16N2O4S/c1-18-11(16)5-13(3-4-13)8-20-10-7-14-6-9(15-10)12(17)19-2/h6-7H,3-5,8H2,1-2H3. The minimum absolute atomic E-state index is 0.0146. The molecular weight excluding hydrogens is 280 g/mol. The lowest BCUT2D eigenvalue weighted by Gasteiger charge is -2.12. The summed E-state index contributed by atoms with van der Waals surface area (Å²) in [5.41, 5.74) is 0.205. The molecule has 2 rings (SSSR count). The first-order chi connectivity index (χ1) is 9.58. The van der Waals surface area contributed by atoms with E-state index in [4.69, 9.17) is 4.74 Å². The molecule has 1 aromatic rings. The van der Waals surface area contributed by atoms with Crippen LogP contribution in [-0.4, -0.2) is 41.9 Å². The van der Waals surface area contributed by atoms with Crippen molar-refractivity contribution in [3.8, 4) is 0 Å². The van der Waals surface area contributed by atoms with Crippen LogP contribution < -0.4 is 0 Å². The van der Waals surface area contributed by atoms with Gasteiger partial charge in [0.1, 0.15) is 5.03 Å². The first-order valence-corrected chi connectivity index (χ1v) is 7.17. The van der Waals surface area contributed by atoms with E-state index in [1.807, 2.05) is 0 Å². The van der Waals surface area contributed by atoms with Crippen molar-refractivity contribution in [2.45, 2.75) is 24.3 Å². The smallest absolute Gasteiger partial charge is 0.358 e. The number of esters is 2. The van der Waals surface area contributed by atoms with Crippen LogP contribution in [0.25, 0.3) is 0 Å². The molecule has 0 aliphatic heterocycles. The summed E-state index contributed by atoms with van der Waals surface area (Å²) in [6.07, 6.45) is 5.43. The monoisotopic (exact) mass is 296 g/mol. The first-order valence-electron chi connectivity index (χ1n) is 6.18. The van der Waals surface area contributed by atoms with Gasteiger partial charge < -0.3 is 9.47 Å². The third kappa shape index (κ3) is 3.69. The van der Waals surface area contributed by atoms with Gasteiger partial charge in [0, 0.05) is 5.75 Å². The highest BCUT2D eigenvalue weighted by Crippen LogP contribution is 2.51. The Morgan fingerprint density at radius 1 is 1.30 bits per heavy atom. The highest BCUT2D eigenvalue weighted by molar-refractivity contribution is 7.99. The zero-order chi connectivity index (χ0) is 14.6. The van der Waals surface area contributed by atoms with Gasteiger partial charge in [0.05, 0.1) is 33.0 Å². The van der Waals surface area contributed by atoms with Crippen LogP contribution in [0.2, 0.25) is 0 Å². The van der Waals surface area contributed by atoms with Crippen LogP contribution in [0.1, 0.15) is 29.8 Å². The fraction of sp³-hybridized carbons (Fsp3) is 0.538. The summed E-state index contributed by atoms with van der Waals surface area (Å²) >= 11 is 1.50. The van der Waals surface area contributed by atoms with E-state index in [2.05, 4.69) is 14.7 Å². The van der Waals surface area contributed by atoms with E-state index in [-0.39, 0.29) is 17.1 Å². The first kappa shape index (κ1) is 14.8. The van der Waals surface area contributed by atoms with Crippen molar-refractivity contribution in [3.05, 3.63) is 18.1 Å². The van der Waals surface area contributed by atoms with E-state index in [0.717, 1.165) is 18.6 Å². The lowest BCUT2D eigenvalue weighted by molar-refractivity contribution is -0.141. The molecule has 0 spiro atoms. The zero-order valence-corrected chi connectivity index (χ0v) is 12.2. The Labute approximate surface area is 121 Å². The van der Waals surface area contributed by atoms with E-state index in [1.54, 1.807) is 6.20 Å². The van der Waals surface area contributed by atoms with Gasteiger partial charge in [0.25, 0.3) is 0 Å². The number of carbonyl (C=O) groups excluding carboxylic acids is 2. The van der Waals surface area contributed by atoms with Crippen molar-refractivity contribution in [1.82, 2.24) is 9.97 Å². The molecule has 0 bridgehead atoms. The Bertz CT molecular complexity index is 517. The lowest BCUT2D eigenvalue weighted by Crippen LogP contribution is -2.13. The van der Waals surface area contributed by atoms with Crippen LogP contribution in [0.5, 0.6) is 0 Å². The Hall–Kier alpha value is -1.63. The quantitative estimate of drug-likeness (QED) is 0.584. The summed E-state index contributed by atoms with van der Waals surface area (Å²) in [5, 5.41) is 0.657. The Balaban J connectivity index is 1.94. The third-order valence-electron chi connectivity index (χ3n) is 3.24. The molecule has 1 aliphatic carbocycles. The van der Waals surface area contributed by atoms with Gasteiger partial charge >= 0.3 is 11.9 Å². The Morgan fingerprint density at radius 2 is 2.05 bits per heavy atom. The van der Waals surface area contributed by atoms with E-state index in [0.29, 0.717) is 11.4 Å². The summed E-state index contributed by atoms with van der Waals surface area (Å²) in [6, 6.07) is 0. The second-order valence-corrected chi connectivity index (χ2v) is 5.77. The Kier molecular flexibility index (Phi) is 4.59. The molecular formula is C13H16N2O4S. The lowest BCUT2D eigenvalue weighted by atomic mass is 10.1. The molecule has 6 nitrogen and oxygen atoms in total. The number of aromatic nitrogens is 2. The van der Waals surface area contributed by atoms with Gasteiger partial charge in [-0.1, -0.05) is 0 Å². The van der Waals surface area contributed by atoms with Crippen LogP contribution in [0.4, 0.5) is 0 Å². The van der Waals surface area contributed by atoms with Gasteiger partial charge in [0.2, 0.25) is 0 Å². The highest BCUT2D eigenvalue weighted by atomic mass is 32.2. The fourth-order valence-corrected chi connectivity index (χ4v) is 2.92.